The van der Waals surface area contributed by atoms with E-state index in [1.165, 1.54) is 24.0 Å². The molecule has 1 amide bonds. The lowest BCUT2D eigenvalue weighted by molar-refractivity contribution is -0.113. The largest absolute Gasteiger partial charge is 0.465 e. The maximum atomic E-state index is 14.4. The molecule has 1 atom stereocenters. The normalized spacial score (nSPS) is 14.6. The fourth-order valence-electron chi connectivity index (χ4n) is 6.35. The lowest BCUT2D eigenvalue weighted by atomic mass is 9.93. The topological polar surface area (TPSA) is 94.7 Å². The van der Waals surface area contributed by atoms with Gasteiger partial charge in [-0.3, -0.25) is 14.2 Å². The van der Waals surface area contributed by atoms with Crippen molar-refractivity contribution in [2.45, 2.75) is 53.5 Å². The number of hydrogen-bond donors (Lipinski definition) is 1. The van der Waals surface area contributed by atoms with Crippen molar-refractivity contribution < 1.29 is 14.3 Å². The summed E-state index contributed by atoms with van der Waals surface area (Å²) in [4.78, 5) is 46.0. The van der Waals surface area contributed by atoms with Crippen molar-refractivity contribution >= 4 is 35.0 Å². The predicted octanol–water partition coefficient (Wildman–Crippen LogP) is 6.50. The quantitative estimate of drug-likeness (QED) is 0.202. The lowest BCUT2D eigenvalue weighted by Crippen LogP contribution is -2.40. The number of esters is 1. The minimum Gasteiger partial charge on any atom is -0.465 e. The molecule has 48 heavy (non-hydrogen) atoms. The maximum absolute atomic E-state index is 14.4. The highest BCUT2D eigenvalue weighted by atomic mass is 32.1. The molecule has 5 aromatic rings. The molecule has 244 valence electrons. The summed E-state index contributed by atoms with van der Waals surface area (Å²) in [5.41, 5.74) is 8.35. The zero-order valence-corrected chi connectivity index (χ0v) is 28.9. The zero-order valence-electron chi connectivity index (χ0n) is 28.1. The van der Waals surface area contributed by atoms with Gasteiger partial charge in [-0.15, -0.1) is 0 Å². The first-order chi connectivity index (χ1) is 23.0. The second-order valence-corrected chi connectivity index (χ2v) is 13.3. The molecule has 0 fully saturated rings. The fraction of sp³-hybridized carbons (Fsp3) is 0.231. The van der Waals surface area contributed by atoms with Gasteiger partial charge in [-0.25, -0.2) is 9.79 Å². The molecule has 0 spiro atoms. The fourth-order valence-corrected chi connectivity index (χ4v) is 7.39. The van der Waals surface area contributed by atoms with Crippen molar-refractivity contribution in [1.29, 1.82) is 0 Å². The van der Waals surface area contributed by atoms with Gasteiger partial charge in [0.15, 0.2) is 4.80 Å². The Bertz CT molecular complexity index is 2270. The smallest absolute Gasteiger partial charge is 0.338 e. The average Bonchev–Trinajstić information content (AvgIpc) is 3.53. The first kappa shape index (κ1) is 32.7. The molecular weight excluding hydrogens is 621 g/mol. The van der Waals surface area contributed by atoms with Gasteiger partial charge < -0.3 is 14.6 Å². The molecule has 9 heteroatoms. The van der Waals surface area contributed by atoms with Crippen LogP contribution in [-0.2, 0) is 9.53 Å². The van der Waals surface area contributed by atoms with E-state index in [4.69, 9.17) is 9.73 Å². The molecule has 1 N–H and O–H groups in total. The van der Waals surface area contributed by atoms with E-state index in [1.807, 2.05) is 94.4 Å². The number of carbonyl (C=O) groups is 2. The third kappa shape index (κ3) is 5.86. The molecule has 3 heterocycles. The summed E-state index contributed by atoms with van der Waals surface area (Å²) < 4.78 is 9.24. The number of carbonyl (C=O) groups excluding carboxylic acids is 2. The van der Waals surface area contributed by atoms with Crippen molar-refractivity contribution in [1.82, 2.24) is 9.13 Å². The molecule has 2 aromatic heterocycles. The van der Waals surface area contributed by atoms with Crippen LogP contribution >= 0.6 is 11.3 Å². The Hall–Kier alpha value is -5.28. The molecule has 0 saturated heterocycles. The van der Waals surface area contributed by atoms with Crippen LogP contribution in [0.1, 0.15) is 76.7 Å². The number of fused-ring (bicyclic) bond motifs is 1. The number of nitrogens with one attached hydrogen (secondary N) is 1. The van der Waals surface area contributed by atoms with Gasteiger partial charge in [0.1, 0.15) is 0 Å². The minimum atomic E-state index is -0.663. The lowest BCUT2D eigenvalue weighted by Gasteiger charge is -2.25. The molecule has 1 aliphatic heterocycles. The van der Waals surface area contributed by atoms with Crippen LogP contribution in [0.5, 0.6) is 0 Å². The number of para-hydroxylation sites is 1. The maximum Gasteiger partial charge on any atom is 0.338 e. The summed E-state index contributed by atoms with van der Waals surface area (Å²) in [6, 6.07) is 24.3. The summed E-state index contributed by atoms with van der Waals surface area (Å²) in [5.74, 6) is -0.355. The third-order valence-corrected chi connectivity index (χ3v) is 9.91. The van der Waals surface area contributed by atoms with E-state index in [1.54, 1.807) is 10.6 Å². The van der Waals surface area contributed by atoms with Crippen LogP contribution in [0.4, 0.5) is 5.69 Å². The van der Waals surface area contributed by atoms with Crippen molar-refractivity contribution in [3.63, 3.8) is 0 Å². The predicted molar refractivity (Wildman–Crippen MR) is 191 cm³/mol. The number of nitrogens with zero attached hydrogens (tertiary/aromatic N) is 3. The van der Waals surface area contributed by atoms with E-state index >= 15 is 0 Å². The Labute approximate surface area is 283 Å². The molecule has 6 rings (SSSR count). The minimum absolute atomic E-state index is 0.220. The summed E-state index contributed by atoms with van der Waals surface area (Å²) in [7, 11) is 1.38. The Kier molecular flexibility index (Phi) is 8.90. The number of ether oxygens (including phenoxy) is 1. The van der Waals surface area contributed by atoms with E-state index in [0.717, 1.165) is 33.8 Å². The number of aromatic nitrogens is 2. The number of methoxy groups -OCH3 is 1. The van der Waals surface area contributed by atoms with Gasteiger partial charge in [0.25, 0.3) is 11.5 Å². The number of allylic oxidation sites excluding steroid dienone is 1. The van der Waals surface area contributed by atoms with Crippen LogP contribution < -0.4 is 20.2 Å². The Morgan fingerprint density at radius 1 is 0.958 bits per heavy atom. The van der Waals surface area contributed by atoms with Crippen molar-refractivity contribution in [3.05, 3.63) is 149 Å². The standard InChI is InChI=1S/C39H38N4O4S/c1-22(2)27-16-18-28(19-17-27)35-34(36(44)41-30-12-9-8-10-13-30)25(5)40-39-43(35)37(45)33(48-39)21-29-20-23(3)42(26(29)6)32-15-11-14-31(24(32)4)38(46)47-7/h8-22,35H,1-7H3,(H,41,44)/b33-21+/t35-/m0/s1. The highest BCUT2D eigenvalue weighted by Gasteiger charge is 2.32. The van der Waals surface area contributed by atoms with Crippen LogP contribution in [0.2, 0.25) is 0 Å². The summed E-state index contributed by atoms with van der Waals surface area (Å²) in [5, 5.41) is 3.01. The number of hydrogen-bond acceptors (Lipinski definition) is 6. The van der Waals surface area contributed by atoms with Crippen LogP contribution in [0, 0.1) is 20.8 Å². The molecular formula is C39H38N4O4S. The van der Waals surface area contributed by atoms with Gasteiger partial charge in [-0.1, -0.05) is 73.7 Å². The van der Waals surface area contributed by atoms with Crippen molar-refractivity contribution in [3.8, 4) is 5.69 Å². The highest BCUT2D eigenvalue weighted by molar-refractivity contribution is 7.07. The van der Waals surface area contributed by atoms with Gasteiger partial charge in [0, 0.05) is 22.8 Å². The van der Waals surface area contributed by atoms with Crippen LogP contribution in [0.25, 0.3) is 11.8 Å². The van der Waals surface area contributed by atoms with E-state index in [2.05, 4.69) is 35.9 Å². The number of thiazole rings is 1. The number of benzene rings is 3. The van der Waals surface area contributed by atoms with E-state index in [0.29, 0.717) is 37.8 Å². The second-order valence-electron chi connectivity index (χ2n) is 12.3. The van der Waals surface area contributed by atoms with Gasteiger partial charge in [0.05, 0.1) is 34.5 Å². The summed E-state index contributed by atoms with van der Waals surface area (Å²) >= 11 is 1.31. The first-order valence-electron chi connectivity index (χ1n) is 15.9. The Balaban J connectivity index is 1.49. The Morgan fingerprint density at radius 2 is 1.67 bits per heavy atom. The average molecular weight is 659 g/mol. The monoisotopic (exact) mass is 658 g/mol. The molecule has 0 aliphatic carbocycles. The molecule has 0 bridgehead atoms. The number of rotatable bonds is 7. The SMILES string of the molecule is COC(=O)c1cccc(-n2c(C)cc(/C=c3/sc4n(c3=O)[C@@H](c3ccc(C(C)C)cc3)C(C(=O)Nc3ccccc3)=C(C)N=4)c2C)c1C. The van der Waals surface area contributed by atoms with Gasteiger partial charge >= 0.3 is 5.97 Å². The molecule has 0 unspecified atom stereocenters. The number of amides is 1. The van der Waals surface area contributed by atoms with Crippen molar-refractivity contribution in [2.75, 3.05) is 12.4 Å². The molecule has 1 aliphatic rings. The zero-order chi connectivity index (χ0) is 34.3. The van der Waals surface area contributed by atoms with Crippen LogP contribution in [0.3, 0.4) is 0 Å². The van der Waals surface area contributed by atoms with E-state index < -0.39 is 12.0 Å². The van der Waals surface area contributed by atoms with E-state index in [-0.39, 0.29) is 11.5 Å². The van der Waals surface area contributed by atoms with Crippen LogP contribution in [0.15, 0.2) is 99.9 Å². The second kappa shape index (κ2) is 13.1. The molecule has 0 saturated carbocycles. The van der Waals surface area contributed by atoms with Gasteiger partial charge in [0.2, 0.25) is 0 Å². The molecule has 8 nitrogen and oxygen atoms in total. The van der Waals surface area contributed by atoms with Gasteiger partial charge in [-0.2, -0.15) is 0 Å². The Morgan fingerprint density at radius 3 is 2.33 bits per heavy atom. The third-order valence-electron chi connectivity index (χ3n) is 8.93. The summed E-state index contributed by atoms with van der Waals surface area (Å²) in [6.07, 6.45) is 1.89. The molecule has 3 aromatic carbocycles. The number of aryl methyl sites for hydroxylation is 1. The van der Waals surface area contributed by atoms with Crippen LogP contribution in [-0.4, -0.2) is 28.1 Å². The first-order valence-corrected chi connectivity index (χ1v) is 16.7. The van der Waals surface area contributed by atoms with Gasteiger partial charge in [-0.05, 0) is 92.3 Å². The molecule has 0 radical (unpaired) electrons. The highest BCUT2D eigenvalue weighted by Crippen LogP contribution is 2.32. The van der Waals surface area contributed by atoms with E-state index in [9.17, 15) is 14.4 Å². The summed E-state index contributed by atoms with van der Waals surface area (Å²) in [6.45, 7) is 12.0. The van der Waals surface area contributed by atoms with Crippen molar-refractivity contribution in [2.24, 2.45) is 4.99 Å². The number of anilines is 1.